The third-order valence-electron chi connectivity index (χ3n) is 1.73. The third-order valence-corrected chi connectivity index (χ3v) is 1.73. The molecule has 3 N–H and O–H groups in total. The molecule has 0 amide bonds. The van der Waals surface area contributed by atoms with E-state index in [4.69, 9.17) is 15.5 Å². The Morgan fingerprint density at radius 1 is 1.36 bits per heavy atom. The van der Waals surface area contributed by atoms with Gasteiger partial charge in [-0.2, -0.15) is 5.26 Å². The van der Waals surface area contributed by atoms with Gasteiger partial charge in [0.05, 0.1) is 6.07 Å². The molecule has 0 spiro atoms. The first-order chi connectivity index (χ1) is 6.56. The number of aliphatic hydroxyl groups excluding tert-OH is 2. The van der Waals surface area contributed by atoms with Crippen molar-refractivity contribution in [1.82, 2.24) is 0 Å². The Hall–Kier alpha value is -1.64. The molecule has 5 heteroatoms. The van der Waals surface area contributed by atoms with Crippen molar-refractivity contribution in [1.29, 1.82) is 5.26 Å². The fourth-order valence-electron chi connectivity index (χ4n) is 0.997. The Labute approximate surface area is 79.5 Å². The van der Waals surface area contributed by atoms with Gasteiger partial charge in [-0.25, -0.2) is 4.39 Å². The van der Waals surface area contributed by atoms with Crippen LogP contribution in [0.15, 0.2) is 18.2 Å². The van der Waals surface area contributed by atoms with E-state index >= 15 is 0 Å². The van der Waals surface area contributed by atoms with Crippen molar-refractivity contribution in [3.05, 3.63) is 29.6 Å². The molecule has 2 atom stereocenters. The molecule has 2 unspecified atom stereocenters. The molecule has 74 valence electrons. The molecule has 1 aromatic carbocycles. The molecule has 0 saturated carbocycles. The minimum atomic E-state index is -1.69. The summed E-state index contributed by atoms with van der Waals surface area (Å²) in [4.78, 5) is 0. The van der Waals surface area contributed by atoms with Crippen LogP contribution in [0.3, 0.4) is 0 Å². The lowest BCUT2D eigenvalue weighted by molar-refractivity contribution is 0.0503. The normalized spacial score (nSPS) is 14.4. The lowest BCUT2D eigenvalue weighted by Gasteiger charge is -2.12. The van der Waals surface area contributed by atoms with E-state index in [9.17, 15) is 9.50 Å². The standard InChI is InChI=1S/C9H8FNO3/c10-7-3-5(12)1-2-6(7)9(14)8(13)4-11/h1-3,8-9,12-14H. The maximum Gasteiger partial charge on any atom is 0.170 e. The molecule has 0 heterocycles. The number of benzene rings is 1. The predicted molar refractivity (Wildman–Crippen MR) is 44.6 cm³/mol. The van der Waals surface area contributed by atoms with Gasteiger partial charge in [0.15, 0.2) is 6.10 Å². The fraction of sp³-hybridized carbons (Fsp3) is 0.222. The van der Waals surface area contributed by atoms with Crippen LogP contribution in [0.5, 0.6) is 5.75 Å². The molecule has 0 bridgehead atoms. The summed E-state index contributed by atoms with van der Waals surface area (Å²) in [6.07, 6.45) is -3.30. The van der Waals surface area contributed by atoms with E-state index in [-0.39, 0.29) is 11.3 Å². The maximum atomic E-state index is 13.1. The predicted octanol–water partition coefficient (Wildman–Crippen LogP) is 0.449. The molecule has 0 saturated heterocycles. The lowest BCUT2D eigenvalue weighted by Crippen LogP contribution is -2.16. The lowest BCUT2D eigenvalue weighted by atomic mass is 10.0. The summed E-state index contributed by atoms with van der Waals surface area (Å²) < 4.78 is 13.1. The summed E-state index contributed by atoms with van der Waals surface area (Å²) in [6.45, 7) is 0. The van der Waals surface area contributed by atoms with Crippen molar-refractivity contribution in [3.8, 4) is 11.8 Å². The Kier molecular flexibility index (Phi) is 3.02. The number of rotatable bonds is 2. The van der Waals surface area contributed by atoms with Crippen LogP contribution in [-0.2, 0) is 0 Å². The van der Waals surface area contributed by atoms with Crippen molar-refractivity contribution in [2.75, 3.05) is 0 Å². The summed E-state index contributed by atoms with van der Waals surface area (Å²) in [7, 11) is 0. The second kappa shape index (κ2) is 4.05. The Morgan fingerprint density at radius 3 is 2.50 bits per heavy atom. The number of hydrogen-bond donors (Lipinski definition) is 3. The molecule has 1 rings (SSSR count). The highest BCUT2D eigenvalue weighted by molar-refractivity contribution is 5.30. The highest BCUT2D eigenvalue weighted by atomic mass is 19.1. The van der Waals surface area contributed by atoms with Crippen molar-refractivity contribution < 1.29 is 19.7 Å². The van der Waals surface area contributed by atoms with Gasteiger partial charge in [-0.3, -0.25) is 0 Å². The van der Waals surface area contributed by atoms with Gasteiger partial charge in [0.25, 0.3) is 0 Å². The average molecular weight is 197 g/mol. The van der Waals surface area contributed by atoms with Crippen molar-refractivity contribution >= 4 is 0 Å². The van der Waals surface area contributed by atoms with Crippen LogP contribution in [-0.4, -0.2) is 21.4 Å². The number of halogens is 1. The maximum absolute atomic E-state index is 13.1. The molecular formula is C9H8FNO3. The van der Waals surface area contributed by atoms with E-state index in [0.717, 1.165) is 18.2 Å². The summed E-state index contributed by atoms with van der Waals surface area (Å²) in [5, 5.41) is 35.3. The van der Waals surface area contributed by atoms with E-state index in [0.29, 0.717) is 0 Å². The van der Waals surface area contributed by atoms with E-state index < -0.39 is 18.0 Å². The first-order valence-corrected chi connectivity index (χ1v) is 3.80. The van der Waals surface area contributed by atoms with Gasteiger partial charge in [0.2, 0.25) is 0 Å². The van der Waals surface area contributed by atoms with Crippen LogP contribution < -0.4 is 0 Å². The Morgan fingerprint density at radius 2 is 2.00 bits per heavy atom. The quantitative estimate of drug-likeness (QED) is 0.601. The molecule has 0 aliphatic carbocycles. The molecule has 0 radical (unpaired) electrons. The van der Waals surface area contributed by atoms with Crippen LogP contribution in [0.4, 0.5) is 4.39 Å². The van der Waals surface area contributed by atoms with Crippen LogP contribution in [0, 0.1) is 17.1 Å². The largest absolute Gasteiger partial charge is 0.508 e. The third kappa shape index (κ3) is 1.99. The van der Waals surface area contributed by atoms with Crippen LogP contribution in [0.2, 0.25) is 0 Å². The first kappa shape index (κ1) is 10.4. The average Bonchev–Trinajstić information content (AvgIpc) is 2.15. The molecule has 1 aromatic rings. The highest BCUT2D eigenvalue weighted by Crippen LogP contribution is 2.23. The van der Waals surface area contributed by atoms with E-state index in [1.807, 2.05) is 0 Å². The zero-order chi connectivity index (χ0) is 10.7. The van der Waals surface area contributed by atoms with Gasteiger partial charge in [0.1, 0.15) is 17.7 Å². The number of phenols is 1. The molecular weight excluding hydrogens is 189 g/mol. The summed E-state index contributed by atoms with van der Waals surface area (Å²) in [6, 6.07) is 4.44. The van der Waals surface area contributed by atoms with Crippen molar-refractivity contribution in [3.63, 3.8) is 0 Å². The van der Waals surface area contributed by atoms with Crippen LogP contribution >= 0.6 is 0 Å². The van der Waals surface area contributed by atoms with E-state index in [1.165, 1.54) is 6.07 Å². The number of hydrogen-bond acceptors (Lipinski definition) is 4. The molecule has 0 aliphatic heterocycles. The second-order valence-corrected chi connectivity index (χ2v) is 2.72. The van der Waals surface area contributed by atoms with E-state index in [1.54, 1.807) is 0 Å². The first-order valence-electron chi connectivity index (χ1n) is 3.80. The SMILES string of the molecule is N#CC(O)C(O)c1ccc(O)cc1F. The number of aliphatic hydroxyl groups is 2. The summed E-state index contributed by atoms with van der Waals surface area (Å²) in [5.74, 6) is -1.16. The zero-order valence-electron chi connectivity index (χ0n) is 7.05. The molecule has 14 heavy (non-hydrogen) atoms. The van der Waals surface area contributed by atoms with Crippen LogP contribution in [0.1, 0.15) is 11.7 Å². The van der Waals surface area contributed by atoms with Gasteiger partial charge in [-0.05, 0) is 12.1 Å². The topological polar surface area (TPSA) is 84.5 Å². The Balaban J connectivity index is 3.03. The van der Waals surface area contributed by atoms with Gasteiger partial charge in [-0.1, -0.05) is 0 Å². The minimum Gasteiger partial charge on any atom is -0.508 e. The van der Waals surface area contributed by atoms with Crippen molar-refractivity contribution in [2.45, 2.75) is 12.2 Å². The van der Waals surface area contributed by atoms with Gasteiger partial charge in [0, 0.05) is 11.6 Å². The molecule has 0 fully saturated rings. The molecule has 0 aromatic heterocycles. The minimum absolute atomic E-state index is 0.225. The monoisotopic (exact) mass is 197 g/mol. The number of phenolic OH excluding ortho intramolecular Hbond substituents is 1. The summed E-state index contributed by atoms with van der Waals surface area (Å²) >= 11 is 0. The number of aromatic hydroxyl groups is 1. The number of nitrogens with zero attached hydrogens (tertiary/aromatic N) is 1. The van der Waals surface area contributed by atoms with Crippen molar-refractivity contribution in [2.24, 2.45) is 0 Å². The smallest absolute Gasteiger partial charge is 0.170 e. The van der Waals surface area contributed by atoms with Gasteiger partial charge < -0.3 is 15.3 Å². The fourth-order valence-corrected chi connectivity index (χ4v) is 0.997. The highest BCUT2D eigenvalue weighted by Gasteiger charge is 2.21. The van der Waals surface area contributed by atoms with E-state index in [2.05, 4.69) is 0 Å². The zero-order valence-corrected chi connectivity index (χ0v) is 7.05. The van der Waals surface area contributed by atoms with Gasteiger partial charge in [-0.15, -0.1) is 0 Å². The second-order valence-electron chi connectivity index (χ2n) is 2.72. The molecule has 4 nitrogen and oxygen atoms in total. The van der Waals surface area contributed by atoms with Crippen LogP contribution in [0.25, 0.3) is 0 Å². The van der Waals surface area contributed by atoms with Gasteiger partial charge >= 0.3 is 0 Å². The molecule has 0 aliphatic rings. The Bertz CT molecular complexity index is 375. The number of nitriles is 1. The summed E-state index contributed by atoms with van der Waals surface area (Å²) in [5.41, 5.74) is -0.225.